The predicted molar refractivity (Wildman–Crippen MR) is 63.1 cm³/mol. The van der Waals surface area contributed by atoms with Crippen LogP contribution in [0.5, 0.6) is 0 Å². The molecule has 1 aliphatic rings. The van der Waals surface area contributed by atoms with Crippen molar-refractivity contribution < 1.29 is 0 Å². The average molecular weight is 216 g/mol. The summed E-state index contributed by atoms with van der Waals surface area (Å²) in [6.45, 7) is 2.14. The van der Waals surface area contributed by atoms with Gasteiger partial charge >= 0.3 is 0 Å². The van der Waals surface area contributed by atoms with Crippen molar-refractivity contribution in [1.82, 2.24) is 10.3 Å². The van der Waals surface area contributed by atoms with Crippen molar-refractivity contribution in [3.8, 4) is 6.07 Å². The quantitative estimate of drug-likeness (QED) is 0.786. The Morgan fingerprint density at radius 1 is 1.44 bits per heavy atom. The molecule has 2 N–H and O–H groups in total. The van der Waals surface area contributed by atoms with E-state index >= 15 is 0 Å². The van der Waals surface area contributed by atoms with Crippen LogP contribution in [0.2, 0.25) is 0 Å². The zero-order valence-corrected chi connectivity index (χ0v) is 9.24. The topological polar surface area (TPSA) is 60.7 Å². The highest BCUT2D eigenvalue weighted by atomic mass is 15.0. The van der Waals surface area contributed by atoms with Crippen molar-refractivity contribution in [1.29, 1.82) is 5.26 Å². The summed E-state index contributed by atoms with van der Waals surface area (Å²) in [5.74, 6) is 0. The third kappa shape index (κ3) is 2.71. The van der Waals surface area contributed by atoms with Crippen LogP contribution >= 0.6 is 0 Å². The van der Waals surface area contributed by atoms with Crippen molar-refractivity contribution in [3.05, 3.63) is 24.0 Å². The van der Waals surface area contributed by atoms with E-state index in [1.807, 2.05) is 0 Å². The molecule has 1 aromatic rings. The Morgan fingerprint density at radius 2 is 2.38 bits per heavy atom. The summed E-state index contributed by atoms with van der Waals surface area (Å²) in [6.07, 6.45) is 6.81. The predicted octanol–water partition coefficient (Wildman–Crippen LogP) is 1.51. The van der Waals surface area contributed by atoms with Crippen LogP contribution in [0.25, 0.3) is 0 Å². The first-order valence-electron chi connectivity index (χ1n) is 5.71. The van der Waals surface area contributed by atoms with Gasteiger partial charge in [0.25, 0.3) is 0 Å². The Labute approximate surface area is 95.7 Å². The summed E-state index contributed by atoms with van der Waals surface area (Å²) in [7, 11) is 0. The van der Waals surface area contributed by atoms with Crippen LogP contribution in [-0.2, 0) is 0 Å². The van der Waals surface area contributed by atoms with Crippen LogP contribution in [0.15, 0.2) is 18.5 Å². The van der Waals surface area contributed by atoms with Gasteiger partial charge in [0, 0.05) is 12.2 Å². The molecule has 1 saturated heterocycles. The van der Waals surface area contributed by atoms with Crippen molar-refractivity contribution in [3.63, 3.8) is 0 Å². The van der Waals surface area contributed by atoms with E-state index in [9.17, 15) is 0 Å². The Balaban J connectivity index is 2.05. The van der Waals surface area contributed by atoms with Crippen molar-refractivity contribution in [2.75, 3.05) is 18.4 Å². The molecular weight excluding hydrogens is 200 g/mol. The molecule has 16 heavy (non-hydrogen) atoms. The molecule has 4 heteroatoms. The normalized spacial score (nSPS) is 20.8. The van der Waals surface area contributed by atoms with E-state index < -0.39 is 0 Å². The van der Waals surface area contributed by atoms with Crippen LogP contribution in [0.1, 0.15) is 24.8 Å². The smallest absolute Gasteiger partial charge is 0.101 e. The molecule has 84 valence electrons. The number of anilines is 1. The fraction of sp³-hybridized carbons (Fsp3) is 0.500. The lowest BCUT2D eigenvalue weighted by Gasteiger charge is -2.17. The lowest BCUT2D eigenvalue weighted by Crippen LogP contribution is -2.22. The van der Waals surface area contributed by atoms with Gasteiger partial charge in [-0.1, -0.05) is 0 Å². The monoisotopic (exact) mass is 216 g/mol. The summed E-state index contributed by atoms with van der Waals surface area (Å²) >= 11 is 0. The third-order valence-electron chi connectivity index (χ3n) is 2.88. The Bertz CT molecular complexity index is 375. The van der Waals surface area contributed by atoms with Gasteiger partial charge in [-0.25, -0.2) is 0 Å². The molecular formula is C12H16N4. The van der Waals surface area contributed by atoms with Gasteiger partial charge < -0.3 is 10.6 Å². The Kier molecular flexibility index (Phi) is 3.73. The molecule has 1 aliphatic heterocycles. The molecule has 0 bridgehead atoms. The molecule has 1 unspecified atom stereocenters. The fourth-order valence-corrected chi connectivity index (χ4v) is 1.99. The molecule has 2 heterocycles. The van der Waals surface area contributed by atoms with Gasteiger partial charge in [-0.2, -0.15) is 5.26 Å². The lowest BCUT2D eigenvalue weighted by molar-refractivity contribution is 0.637. The molecule has 0 aliphatic carbocycles. The van der Waals surface area contributed by atoms with E-state index in [1.165, 1.54) is 6.42 Å². The minimum absolute atomic E-state index is 0.450. The molecule has 0 amide bonds. The van der Waals surface area contributed by atoms with Crippen molar-refractivity contribution in [2.45, 2.75) is 25.3 Å². The number of hydrogen-bond donors (Lipinski definition) is 2. The molecule has 1 atom stereocenters. The number of nitriles is 1. The first-order chi connectivity index (χ1) is 7.90. The Hall–Kier alpha value is -1.60. The lowest BCUT2D eigenvalue weighted by atomic mass is 10.1. The summed E-state index contributed by atoms with van der Waals surface area (Å²) in [5.41, 5.74) is 1.53. The number of nitrogens with zero attached hydrogens (tertiary/aromatic N) is 2. The summed E-state index contributed by atoms with van der Waals surface area (Å²) in [5, 5.41) is 15.8. The molecule has 0 saturated carbocycles. The molecule has 0 aromatic carbocycles. The van der Waals surface area contributed by atoms with Gasteiger partial charge in [0.15, 0.2) is 0 Å². The molecule has 0 radical (unpaired) electrons. The van der Waals surface area contributed by atoms with E-state index in [2.05, 4.69) is 21.7 Å². The van der Waals surface area contributed by atoms with E-state index in [1.54, 1.807) is 18.5 Å². The number of hydrogen-bond acceptors (Lipinski definition) is 4. The summed E-state index contributed by atoms with van der Waals surface area (Å²) in [4.78, 5) is 4.05. The van der Waals surface area contributed by atoms with E-state index in [4.69, 9.17) is 5.26 Å². The Morgan fingerprint density at radius 3 is 3.25 bits per heavy atom. The van der Waals surface area contributed by atoms with Crippen LogP contribution < -0.4 is 10.6 Å². The molecule has 0 spiro atoms. The van der Waals surface area contributed by atoms with Gasteiger partial charge in [-0.05, 0) is 38.4 Å². The minimum Gasteiger partial charge on any atom is -0.380 e. The fourth-order valence-electron chi connectivity index (χ4n) is 1.99. The van der Waals surface area contributed by atoms with Crippen LogP contribution in [-0.4, -0.2) is 24.1 Å². The van der Waals surface area contributed by atoms with Crippen molar-refractivity contribution in [2.24, 2.45) is 0 Å². The number of pyridine rings is 1. The standard InChI is InChI=1S/C12H16N4/c13-8-10-3-6-15-9-12(10)16-11-2-1-5-14-7-4-11/h3,6,9,11,14,16H,1-2,4-5,7H2. The van der Waals surface area contributed by atoms with E-state index in [0.717, 1.165) is 31.6 Å². The maximum atomic E-state index is 8.97. The highest BCUT2D eigenvalue weighted by molar-refractivity contribution is 5.55. The van der Waals surface area contributed by atoms with Gasteiger partial charge in [-0.15, -0.1) is 0 Å². The first-order valence-corrected chi connectivity index (χ1v) is 5.71. The second-order valence-electron chi connectivity index (χ2n) is 4.06. The third-order valence-corrected chi connectivity index (χ3v) is 2.88. The van der Waals surface area contributed by atoms with E-state index in [-0.39, 0.29) is 0 Å². The van der Waals surface area contributed by atoms with Crippen LogP contribution in [0.3, 0.4) is 0 Å². The van der Waals surface area contributed by atoms with Crippen LogP contribution in [0.4, 0.5) is 5.69 Å². The minimum atomic E-state index is 0.450. The average Bonchev–Trinajstić information content (AvgIpc) is 2.58. The van der Waals surface area contributed by atoms with Crippen LogP contribution in [0, 0.1) is 11.3 Å². The van der Waals surface area contributed by atoms with Gasteiger partial charge in [0.1, 0.15) is 6.07 Å². The zero-order chi connectivity index (χ0) is 11.2. The van der Waals surface area contributed by atoms with Gasteiger partial charge in [-0.3, -0.25) is 4.98 Å². The van der Waals surface area contributed by atoms with Gasteiger partial charge in [0.2, 0.25) is 0 Å². The maximum absolute atomic E-state index is 8.97. The first kappa shape index (κ1) is 10.9. The second-order valence-corrected chi connectivity index (χ2v) is 4.06. The molecule has 1 aromatic heterocycles. The zero-order valence-electron chi connectivity index (χ0n) is 9.24. The number of rotatable bonds is 2. The number of aromatic nitrogens is 1. The highest BCUT2D eigenvalue weighted by Crippen LogP contribution is 2.17. The summed E-state index contributed by atoms with van der Waals surface area (Å²) < 4.78 is 0. The SMILES string of the molecule is N#Cc1ccncc1NC1CCCNCC1. The largest absolute Gasteiger partial charge is 0.380 e. The molecule has 4 nitrogen and oxygen atoms in total. The van der Waals surface area contributed by atoms with Gasteiger partial charge in [0.05, 0.1) is 17.4 Å². The second kappa shape index (κ2) is 5.47. The summed E-state index contributed by atoms with van der Waals surface area (Å²) in [6, 6.07) is 4.38. The maximum Gasteiger partial charge on any atom is 0.101 e. The number of nitrogens with one attached hydrogen (secondary N) is 2. The molecule has 1 fully saturated rings. The van der Waals surface area contributed by atoms with Crippen molar-refractivity contribution >= 4 is 5.69 Å². The highest BCUT2D eigenvalue weighted by Gasteiger charge is 2.12. The van der Waals surface area contributed by atoms with E-state index in [0.29, 0.717) is 11.6 Å². The molecule has 2 rings (SSSR count).